The van der Waals surface area contributed by atoms with Gasteiger partial charge in [-0.15, -0.1) is 0 Å². The van der Waals surface area contributed by atoms with Gasteiger partial charge in [0.15, 0.2) is 12.4 Å². The lowest BCUT2D eigenvalue weighted by atomic mass is 9.41. The molecule has 5 saturated carbocycles. The topological polar surface area (TPSA) is 86.3 Å². The van der Waals surface area contributed by atoms with Crippen LogP contribution in [0.5, 0.6) is 0 Å². The summed E-state index contributed by atoms with van der Waals surface area (Å²) in [6.07, 6.45) is 10.4. The van der Waals surface area contributed by atoms with E-state index in [1.807, 2.05) is 0 Å². The molecule has 0 aromatic rings. The molecule has 0 aromatic heterocycles. The predicted molar refractivity (Wildman–Crippen MR) is 164 cm³/mol. The molecule has 43 heavy (non-hydrogen) atoms. The van der Waals surface area contributed by atoms with Gasteiger partial charge in [-0.3, -0.25) is 4.79 Å². The molecule has 0 bridgehead atoms. The summed E-state index contributed by atoms with van der Waals surface area (Å²) in [4.78, 5) is 12.0. The van der Waals surface area contributed by atoms with E-state index < -0.39 is 11.7 Å². The van der Waals surface area contributed by atoms with Crippen LogP contribution in [0.4, 0.5) is 0 Å². The van der Waals surface area contributed by atoms with Gasteiger partial charge in [0.25, 0.3) is 0 Å². The van der Waals surface area contributed by atoms with Gasteiger partial charge < -0.3 is 29.4 Å². The lowest BCUT2D eigenvalue weighted by Crippen LogP contribution is -2.59. The number of carbonyl (C=O) groups is 1. The lowest BCUT2D eigenvalue weighted by molar-refractivity contribution is -0.235. The number of esters is 1. The van der Waals surface area contributed by atoms with Crippen LogP contribution in [0.3, 0.4) is 0 Å². The third-order valence-corrected chi connectivity index (χ3v) is 15.2. The van der Waals surface area contributed by atoms with Crippen molar-refractivity contribution in [2.75, 3.05) is 19.7 Å². The highest BCUT2D eigenvalue weighted by Crippen LogP contribution is 2.89. The summed E-state index contributed by atoms with van der Waals surface area (Å²) >= 11 is 0. The van der Waals surface area contributed by atoms with Gasteiger partial charge in [0.2, 0.25) is 0 Å². The molecule has 7 heteroatoms. The Morgan fingerprint density at radius 2 is 1.74 bits per heavy atom. The van der Waals surface area contributed by atoms with Crippen LogP contribution in [-0.2, 0) is 23.7 Å². The molecule has 13 atom stereocenters. The first-order valence-electron chi connectivity index (χ1n) is 17.6. The largest absolute Gasteiger partial charge is 0.457 e. The standard InChI is InChI=1S/C36H59NO6/c1-21-17-23(30(32(5,6)39)41-22(2)38)42-24-18-34(8)26-10-9-25-31(3,4)27(43-28-19-37-15-16-40-28)11-12-35(25)20-36(26,35)14-13-33(34,7)29(21)24/h21,23-30,37,39H,9-20H2,1-8H3/t21?,23?,24?,25?,26-,27-,28?,29?,30-,33+,34-,35+,36-/m0/s1. The molecule has 5 aliphatic carbocycles. The van der Waals surface area contributed by atoms with Crippen molar-refractivity contribution < 1.29 is 28.8 Å². The highest BCUT2D eigenvalue weighted by Gasteiger charge is 2.83. The van der Waals surface area contributed by atoms with Gasteiger partial charge in [0, 0.05) is 20.0 Å². The van der Waals surface area contributed by atoms with Crippen molar-refractivity contribution in [2.45, 2.75) is 149 Å². The van der Waals surface area contributed by atoms with Crippen LogP contribution in [-0.4, -0.2) is 67.1 Å². The van der Waals surface area contributed by atoms with E-state index in [0.717, 1.165) is 44.9 Å². The summed E-state index contributed by atoms with van der Waals surface area (Å²) in [6, 6.07) is 0. The Balaban J connectivity index is 1.13. The van der Waals surface area contributed by atoms with Crippen molar-refractivity contribution in [1.29, 1.82) is 0 Å². The molecule has 6 unspecified atom stereocenters. The van der Waals surface area contributed by atoms with E-state index >= 15 is 0 Å². The number of nitrogens with one attached hydrogen (secondary N) is 1. The fraction of sp³-hybridized carbons (Fsp3) is 0.972. The van der Waals surface area contributed by atoms with Crippen LogP contribution in [0.25, 0.3) is 0 Å². The minimum atomic E-state index is -1.15. The molecule has 7 aliphatic rings. The Morgan fingerprint density at radius 3 is 2.42 bits per heavy atom. The monoisotopic (exact) mass is 601 g/mol. The second kappa shape index (κ2) is 9.89. The molecule has 2 heterocycles. The molecule has 7 nitrogen and oxygen atoms in total. The van der Waals surface area contributed by atoms with Crippen molar-refractivity contribution in [3.8, 4) is 0 Å². The van der Waals surface area contributed by atoms with Crippen molar-refractivity contribution in [1.82, 2.24) is 5.32 Å². The Kier molecular flexibility index (Phi) is 7.11. The zero-order valence-electron chi connectivity index (χ0n) is 28.2. The number of hydrogen-bond donors (Lipinski definition) is 2. The van der Waals surface area contributed by atoms with Crippen molar-refractivity contribution in [2.24, 2.45) is 50.7 Å². The summed E-state index contributed by atoms with van der Waals surface area (Å²) in [6.45, 7) is 20.0. The molecule has 2 saturated heterocycles. The lowest BCUT2D eigenvalue weighted by Gasteiger charge is -2.63. The summed E-state index contributed by atoms with van der Waals surface area (Å²) in [7, 11) is 0. The molecule has 0 radical (unpaired) electrons. The molecular formula is C36H59NO6. The minimum Gasteiger partial charge on any atom is -0.457 e. The van der Waals surface area contributed by atoms with Crippen LogP contribution >= 0.6 is 0 Å². The zero-order valence-corrected chi connectivity index (χ0v) is 28.2. The summed E-state index contributed by atoms with van der Waals surface area (Å²) < 4.78 is 25.4. The third kappa shape index (κ3) is 4.26. The first-order valence-corrected chi connectivity index (χ1v) is 17.6. The first-order chi connectivity index (χ1) is 20.1. The average Bonchev–Trinajstić information content (AvgIpc) is 3.52. The Bertz CT molecular complexity index is 1110. The van der Waals surface area contributed by atoms with Crippen LogP contribution in [0, 0.1) is 50.7 Å². The molecule has 244 valence electrons. The van der Waals surface area contributed by atoms with Gasteiger partial charge in [-0.2, -0.15) is 0 Å². The molecule has 0 amide bonds. The second-order valence-electron chi connectivity index (χ2n) is 17.8. The number of carbonyl (C=O) groups excluding carboxylic acids is 1. The highest BCUT2D eigenvalue weighted by atomic mass is 16.7. The smallest absolute Gasteiger partial charge is 0.303 e. The van der Waals surface area contributed by atoms with E-state index in [1.54, 1.807) is 13.8 Å². The van der Waals surface area contributed by atoms with Crippen molar-refractivity contribution >= 4 is 5.97 Å². The minimum absolute atomic E-state index is 0.115. The number of rotatable bonds is 5. The van der Waals surface area contributed by atoms with Gasteiger partial charge in [0.1, 0.15) is 0 Å². The van der Waals surface area contributed by atoms with Crippen LogP contribution in [0.2, 0.25) is 0 Å². The van der Waals surface area contributed by atoms with Gasteiger partial charge in [-0.05, 0) is 122 Å². The Morgan fingerprint density at radius 1 is 1.02 bits per heavy atom. The van der Waals surface area contributed by atoms with Gasteiger partial charge >= 0.3 is 5.97 Å². The van der Waals surface area contributed by atoms with E-state index in [0.29, 0.717) is 28.6 Å². The van der Waals surface area contributed by atoms with E-state index in [9.17, 15) is 9.90 Å². The molecule has 7 fully saturated rings. The number of hydrogen-bond acceptors (Lipinski definition) is 7. The molecule has 2 aliphatic heterocycles. The average molecular weight is 602 g/mol. The summed E-state index contributed by atoms with van der Waals surface area (Å²) in [5.74, 6) is 2.04. The van der Waals surface area contributed by atoms with Crippen LogP contribution in [0.1, 0.15) is 113 Å². The van der Waals surface area contributed by atoms with Gasteiger partial charge in [-0.1, -0.05) is 34.6 Å². The normalized spacial score (nSPS) is 52.5. The van der Waals surface area contributed by atoms with Crippen LogP contribution in [0.15, 0.2) is 0 Å². The maximum absolute atomic E-state index is 12.0. The van der Waals surface area contributed by atoms with Crippen molar-refractivity contribution in [3.05, 3.63) is 0 Å². The summed E-state index contributed by atoms with van der Waals surface area (Å²) in [5.41, 5.74) is 0.370. The van der Waals surface area contributed by atoms with Gasteiger partial charge in [-0.25, -0.2) is 0 Å². The third-order valence-electron chi connectivity index (χ3n) is 15.2. The zero-order chi connectivity index (χ0) is 30.8. The van der Waals surface area contributed by atoms with E-state index in [1.165, 1.54) is 45.4 Å². The SMILES string of the molecule is CC(=O)O[C@@H](C1CC(C)C2C(C[C@@]3(C)[C@@H]4CCC5C(C)(C)[C@@H](OC6CNCCO6)CC[C@@]56C[C@@]46CC[C@]23C)O1)C(C)(C)O. The molecule has 7 rings (SSSR count). The Labute approximate surface area is 259 Å². The molecule has 0 aromatic carbocycles. The summed E-state index contributed by atoms with van der Waals surface area (Å²) in [5, 5.41) is 14.4. The fourth-order valence-electron chi connectivity index (χ4n) is 13.4. The maximum Gasteiger partial charge on any atom is 0.303 e. The molecule has 2 spiro atoms. The molecular weight excluding hydrogens is 542 g/mol. The molecule has 2 N–H and O–H groups in total. The fourth-order valence-corrected chi connectivity index (χ4v) is 13.4. The maximum atomic E-state index is 12.0. The van der Waals surface area contributed by atoms with Gasteiger partial charge in [0.05, 0.1) is 30.5 Å². The van der Waals surface area contributed by atoms with E-state index in [4.69, 9.17) is 18.9 Å². The number of ether oxygens (including phenoxy) is 4. The Hall–Kier alpha value is -0.730. The number of aliphatic hydroxyl groups is 1. The number of fused-ring (bicyclic) bond motifs is 4. The van der Waals surface area contributed by atoms with E-state index in [2.05, 4.69) is 39.9 Å². The first kappa shape index (κ1) is 30.9. The van der Waals surface area contributed by atoms with Crippen LogP contribution < -0.4 is 5.32 Å². The predicted octanol–water partition coefficient (Wildman–Crippen LogP) is 5.86. The highest BCUT2D eigenvalue weighted by molar-refractivity contribution is 5.66. The second-order valence-corrected chi connectivity index (χ2v) is 17.8. The quantitative estimate of drug-likeness (QED) is 0.382. The van der Waals surface area contributed by atoms with E-state index in [-0.39, 0.29) is 46.8 Å². The number of morpholine rings is 1. The van der Waals surface area contributed by atoms with Crippen molar-refractivity contribution in [3.63, 3.8) is 0 Å².